The van der Waals surface area contributed by atoms with E-state index in [1.54, 1.807) is 36.8 Å². The summed E-state index contributed by atoms with van der Waals surface area (Å²) in [4.78, 5) is 82.9. The Balaban J connectivity index is 0.000000140. The molecule has 1 saturated carbocycles. The molecule has 8 fully saturated rings. The summed E-state index contributed by atoms with van der Waals surface area (Å²) in [5, 5.41) is 8.10. The molecule has 30 heteroatoms. The Kier molecular flexibility index (Phi) is 25.6. The van der Waals surface area contributed by atoms with E-state index in [2.05, 4.69) is 87.1 Å². The van der Waals surface area contributed by atoms with Gasteiger partial charge in [0.25, 0.3) is 0 Å². The lowest BCUT2D eigenvalue weighted by molar-refractivity contribution is 0.0111. The Labute approximate surface area is 770 Å². The van der Waals surface area contributed by atoms with E-state index < -0.39 is 28.7 Å². The van der Waals surface area contributed by atoms with Gasteiger partial charge in [-0.25, -0.2) is 27.7 Å². The number of carbonyl (C=O) groups excluding carboxylic acids is 2. The lowest BCUT2D eigenvalue weighted by Gasteiger charge is -2.42. The van der Waals surface area contributed by atoms with Crippen LogP contribution in [-0.4, -0.2) is 202 Å². The third-order valence-corrected chi connectivity index (χ3v) is 27.0. The van der Waals surface area contributed by atoms with Crippen molar-refractivity contribution in [1.82, 2.24) is 64.5 Å². The highest BCUT2D eigenvalue weighted by Gasteiger charge is 2.48. The number of amides is 2. The van der Waals surface area contributed by atoms with Crippen LogP contribution in [0, 0.1) is 29.3 Å². The Bertz CT molecular complexity index is 6130. The van der Waals surface area contributed by atoms with Gasteiger partial charge in [-0.3, -0.25) is 34.6 Å². The van der Waals surface area contributed by atoms with E-state index >= 15 is 13.2 Å². The number of pyridine rings is 3. The highest BCUT2D eigenvalue weighted by Crippen LogP contribution is 2.46. The van der Waals surface area contributed by atoms with Crippen LogP contribution < -0.4 is 24.2 Å². The first-order valence-corrected chi connectivity index (χ1v) is 45.4. The van der Waals surface area contributed by atoms with Crippen molar-refractivity contribution in [2.24, 2.45) is 11.8 Å². The van der Waals surface area contributed by atoms with Gasteiger partial charge in [-0.2, -0.15) is 24.9 Å². The van der Waals surface area contributed by atoms with E-state index in [1.807, 2.05) is 142 Å². The standard InChI is InChI=1S/C36H42ClFN6O3.C32H35ClFN5O.C28H26Cl2FN5O2.HI.H2/c1-21(2)43-16-8-11-25(43)20-46-34-40-32-27(17-39-31(30(32)38)26-12-6-9-22-10-7-13-28(37)29(22)26)33(41-34)42-18-23-14-15-24(19-42)44(23)35(45)47-36(3,4)5;1-19(2)39-13-5-8-23(39)18-40-32-36-30-25(31(37-32)38-16-20-11-12-21(14-20)17-38)15-35-29(28(30)34)24-9-3-6-22-7-4-10-26(33)27(22)24;1-28(2,3)38-27(37)36-16-10-11-17(36)14-35(13-16)25-19-12-32-23(22(31)24(19)33-26(30)34-25)18-8-4-6-15-7-5-9-20(29)21(15)18;;/h6-7,9-10,12-13,17,21,23-25H,8,11,14-16,18-20H2,1-5H3;3-4,6-7,9-10,15,19-21,23H,5,8,11-14,16-18H2,1-2H3;4-9,12,16-17H,10-11,13-14H2,1-3H3;2*1H/t23?,24?,25-;20?,21?,23-;;;/m00.../s1. The molecule has 662 valence electrons. The number of piperidine rings is 1. The van der Waals surface area contributed by atoms with E-state index in [-0.39, 0.29) is 119 Å². The monoisotopic (exact) mass is 1900 g/mol. The van der Waals surface area contributed by atoms with Crippen LogP contribution in [0.25, 0.3) is 98.8 Å². The molecule has 6 bridgehead atoms. The number of nitrogens with zero attached hydrogens (tertiary/aromatic N) is 16. The maximum atomic E-state index is 16.8. The van der Waals surface area contributed by atoms with Crippen molar-refractivity contribution in [3.05, 3.63) is 166 Å². The van der Waals surface area contributed by atoms with Crippen LogP contribution in [0.15, 0.2) is 128 Å². The zero-order valence-electron chi connectivity index (χ0n) is 72.4. The number of benzene rings is 6. The van der Waals surface area contributed by atoms with Gasteiger partial charge in [0.15, 0.2) is 17.5 Å². The van der Waals surface area contributed by atoms with Gasteiger partial charge in [-0.1, -0.05) is 126 Å². The maximum absolute atomic E-state index is 16.8. The fraction of sp³-hybridized carbons (Fsp3) is 0.448. The molecule has 7 saturated heterocycles. The number of hydrogen-bond donors (Lipinski definition) is 0. The van der Waals surface area contributed by atoms with Crippen LogP contribution in [-0.2, 0) is 9.47 Å². The van der Waals surface area contributed by atoms with Gasteiger partial charge in [-0.15, -0.1) is 24.0 Å². The molecule has 6 aromatic carbocycles. The second-order valence-electron chi connectivity index (χ2n) is 37.1. The first-order valence-electron chi connectivity index (χ1n) is 43.9. The van der Waals surface area contributed by atoms with Crippen molar-refractivity contribution in [1.29, 1.82) is 0 Å². The molecule has 7 aliphatic heterocycles. The molecule has 1 aliphatic carbocycles. The van der Waals surface area contributed by atoms with Crippen molar-refractivity contribution in [3.63, 3.8) is 0 Å². The predicted octanol–water partition coefficient (Wildman–Crippen LogP) is 22.3. The molecule has 13 heterocycles. The Morgan fingerprint density at radius 3 is 1.10 bits per heavy atom. The quantitative estimate of drug-likeness (QED) is 0.0732. The summed E-state index contributed by atoms with van der Waals surface area (Å²) in [6, 6.07) is 35.4. The van der Waals surface area contributed by atoms with Crippen molar-refractivity contribution in [2.75, 3.05) is 80.3 Å². The minimum atomic E-state index is -0.587. The van der Waals surface area contributed by atoms with Gasteiger partial charge in [-0.05, 0) is 211 Å². The van der Waals surface area contributed by atoms with Crippen molar-refractivity contribution in [3.8, 4) is 45.8 Å². The predicted molar refractivity (Wildman–Crippen MR) is 506 cm³/mol. The fourth-order valence-electron chi connectivity index (χ4n) is 20.5. The molecule has 8 atom stereocenters. The lowest BCUT2D eigenvalue weighted by atomic mass is 9.98. The SMILES string of the molecule is CC(C)(C)OC(=O)N1C2CCC1CN(c1nc(Cl)nc3c(F)c(-c4cccc5cccc(Cl)c45)ncc13)C2.CC(C)N1CCC[C@H]1COc1nc(N2CC3CCC(C2)N3C(=O)OC(C)(C)C)c2cnc(-c3cccc4cccc(Cl)c34)c(F)c2n1.CC(C)N1CCC[C@H]1COc1nc(N2CC3CCC(C3)C2)c2cnc(-c3cccc4cccc(Cl)c34)c(F)c2n1.I.[HH]. The molecule has 126 heavy (non-hydrogen) atoms. The first-order chi connectivity index (χ1) is 60.0. The zero-order valence-corrected chi connectivity index (χ0v) is 77.8. The normalized spacial score (nSPS) is 21.3. The molecule has 0 N–H and O–H groups in total. The minimum absolute atomic E-state index is 0. The van der Waals surface area contributed by atoms with Crippen molar-refractivity contribution < 1.29 is 43.1 Å². The lowest BCUT2D eigenvalue weighted by Crippen LogP contribution is -2.57. The molecule has 22 nitrogen and oxygen atoms in total. The molecule has 20 rings (SSSR count). The number of likely N-dealkylation sites (tertiary alicyclic amines) is 2. The van der Waals surface area contributed by atoms with E-state index in [1.165, 1.54) is 19.3 Å². The molecule has 0 radical (unpaired) electrons. The summed E-state index contributed by atoms with van der Waals surface area (Å²) in [7, 11) is 0. The van der Waals surface area contributed by atoms with E-state index in [4.69, 9.17) is 75.3 Å². The molecule has 0 spiro atoms. The molecule has 2 amide bonds. The number of anilines is 3. The molecule has 6 unspecified atom stereocenters. The summed E-state index contributed by atoms with van der Waals surface area (Å²) in [6.45, 7) is 27.0. The molecule has 12 aromatic rings. The second kappa shape index (κ2) is 36.3. The number of halogens is 8. The van der Waals surface area contributed by atoms with Gasteiger partial charge in [0.2, 0.25) is 5.28 Å². The minimum Gasteiger partial charge on any atom is -0.462 e. The largest absolute Gasteiger partial charge is 0.462 e. The highest BCUT2D eigenvalue weighted by molar-refractivity contribution is 14.0. The highest BCUT2D eigenvalue weighted by atomic mass is 127. The van der Waals surface area contributed by atoms with Gasteiger partial charge >= 0.3 is 24.2 Å². The van der Waals surface area contributed by atoms with Crippen LogP contribution in [0.2, 0.25) is 20.4 Å². The number of hydrogen-bond acceptors (Lipinski definition) is 20. The Hall–Kier alpha value is -9.29. The third-order valence-electron chi connectivity index (χ3n) is 25.9. The van der Waals surface area contributed by atoms with Gasteiger partial charge in [0.1, 0.15) is 75.5 Å². The number of fused-ring (bicyclic) bond motifs is 12. The average Bonchev–Trinajstić information content (AvgIpc) is 1.66. The zero-order chi connectivity index (χ0) is 87.2. The van der Waals surface area contributed by atoms with Crippen LogP contribution in [0.4, 0.5) is 40.2 Å². The van der Waals surface area contributed by atoms with Crippen LogP contribution in [0.3, 0.4) is 0 Å². The number of piperazine rings is 2. The summed E-state index contributed by atoms with van der Waals surface area (Å²) in [5.74, 6) is 1.50. The van der Waals surface area contributed by atoms with Gasteiger partial charge in [0, 0.05) is 131 Å². The third kappa shape index (κ3) is 17.8. The number of aromatic nitrogens is 9. The first kappa shape index (κ1) is 88.7. The summed E-state index contributed by atoms with van der Waals surface area (Å²) >= 11 is 26.1. The molecular formula is C96H106Cl4F3IN16O6. The van der Waals surface area contributed by atoms with Gasteiger partial charge < -0.3 is 33.6 Å². The average molecular weight is 1910 g/mol. The molecule has 8 aliphatic rings. The van der Waals surface area contributed by atoms with Crippen molar-refractivity contribution in [2.45, 2.75) is 199 Å². The molecule has 6 aromatic heterocycles. The smallest absolute Gasteiger partial charge is 0.410 e. The van der Waals surface area contributed by atoms with Crippen LogP contribution in [0.1, 0.15) is 141 Å². The second-order valence-corrected chi connectivity index (χ2v) is 38.7. The number of carbonyl (C=O) groups is 2. The fourth-order valence-corrected chi connectivity index (χ4v) is 21.5. The maximum Gasteiger partial charge on any atom is 0.410 e. The van der Waals surface area contributed by atoms with E-state index in [0.29, 0.717) is 129 Å². The van der Waals surface area contributed by atoms with Crippen LogP contribution in [0.5, 0.6) is 12.0 Å². The summed E-state index contributed by atoms with van der Waals surface area (Å²) < 4.78 is 73.4. The topological polar surface area (TPSA) is 210 Å². The van der Waals surface area contributed by atoms with Crippen molar-refractivity contribution >= 4 is 165 Å². The van der Waals surface area contributed by atoms with Gasteiger partial charge in [0.05, 0.1) is 40.3 Å². The number of ether oxygens (including phenoxy) is 4. The molecular weight excluding hydrogens is 1800 g/mol. The summed E-state index contributed by atoms with van der Waals surface area (Å²) in [6.07, 6.45) is 16.0. The van der Waals surface area contributed by atoms with Crippen LogP contribution >= 0.6 is 70.4 Å². The van der Waals surface area contributed by atoms with E-state index in [0.717, 1.165) is 116 Å². The Morgan fingerprint density at radius 2 is 0.762 bits per heavy atom. The van der Waals surface area contributed by atoms with E-state index in [9.17, 15) is 9.59 Å². The summed E-state index contributed by atoms with van der Waals surface area (Å²) in [5.41, 5.74) is 1.72. The number of rotatable bonds is 14. The Morgan fingerprint density at radius 1 is 0.437 bits per heavy atom.